The second-order valence-corrected chi connectivity index (χ2v) is 6.62. The third-order valence-corrected chi connectivity index (χ3v) is 5.01. The molecule has 0 fully saturated rings. The summed E-state index contributed by atoms with van der Waals surface area (Å²) in [6.07, 6.45) is 0. The fraction of sp³-hybridized carbons (Fsp3) is 0.143. The molecule has 2 aromatic rings. The molecule has 23 heavy (non-hydrogen) atoms. The molecule has 0 saturated heterocycles. The number of ether oxygens (including phenoxy) is 2. The summed E-state index contributed by atoms with van der Waals surface area (Å²) in [6, 6.07) is 4.99. The summed E-state index contributed by atoms with van der Waals surface area (Å²) in [7, 11) is -1.56. The van der Waals surface area contributed by atoms with Gasteiger partial charge in [-0.15, -0.1) is 0 Å². The molecule has 0 bridgehead atoms. The summed E-state index contributed by atoms with van der Waals surface area (Å²) < 4.78 is 65.8. The lowest BCUT2D eigenvalue weighted by molar-refractivity contribution is 0.353. The van der Waals surface area contributed by atoms with Gasteiger partial charge in [-0.2, -0.15) is 8.42 Å². The van der Waals surface area contributed by atoms with Gasteiger partial charge in [-0.25, -0.2) is 8.78 Å². The van der Waals surface area contributed by atoms with E-state index in [0.717, 1.165) is 12.1 Å². The smallest absolute Gasteiger partial charge is 0.340 e. The van der Waals surface area contributed by atoms with Crippen molar-refractivity contribution in [3.8, 4) is 17.2 Å². The maximum absolute atomic E-state index is 13.2. The zero-order chi connectivity index (χ0) is 17.2. The van der Waals surface area contributed by atoms with Crippen molar-refractivity contribution in [1.29, 1.82) is 0 Å². The Morgan fingerprint density at radius 3 is 2.13 bits per heavy atom. The fourth-order valence-electron chi connectivity index (χ4n) is 1.73. The number of methoxy groups -OCH3 is 2. The largest absolute Gasteiger partial charge is 0.493 e. The van der Waals surface area contributed by atoms with Crippen LogP contribution in [0.5, 0.6) is 17.2 Å². The van der Waals surface area contributed by atoms with Gasteiger partial charge in [0, 0.05) is 16.6 Å². The molecule has 0 unspecified atom stereocenters. The Hall–Kier alpha value is -1.87. The van der Waals surface area contributed by atoms with Crippen molar-refractivity contribution in [3.63, 3.8) is 0 Å². The first-order valence-corrected chi connectivity index (χ1v) is 8.29. The molecule has 2 aromatic carbocycles. The molecule has 0 heterocycles. The van der Waals surface area contributed by atoms with Crippen LogP contribution in [0.4, 0.5) is 8.78 Å². The highest BCUT2D eigenvalue weighted by molar-refractivity contribution is 9.10. The van der Waals surface area contributed by atoms with Crippen LogP contribution in [-0.2, 0) is 10.1 Å². The van der Waals surface area contributed by atoms with Crippen LogP contribution in [0.3, 0.4) is 0 Å². The first-order chi connectivity index (χ1) is 10.8. The molecule has 0 N–H and O–H groups in total. The van der Waals surface area contributed by atoms with Gasteiger partial charge in [0.25, 0.3) is 0 Å². The van der Waals surface area contributed by atoms with Crippen LogP contribution in [0.15, 0.2) is 39.7 Å². The monoisotopic (exact) mass is 408 g/mol. The molecule has 0 aliphatic carbocycles. The minimum Gasteiger partial charge on any atom is -0.493 e. The molecule has 0 saturated carbocycles. The van der Waals surface area contributed by atoms with Gasteiger partial charge in [0.1, 0.15) is 10.6 Å². The van der Waals surface area contributed by atoms with Gasteiger partial charge < -0.3 is 13.7 Å². The van der Waals surface area contributed by atoms with Crippen LogP contribution < -0.4 is 13.7 Å². The Kier molecular flexibility index (Phi) is 5.10. The van der Waals surface area contributed by atoms with E-state index in [4.69, 9.17) is 13.7 Å². The van der Waals surface area contributed by atoms with Gasteiger partial charge in [-0.1, -0.05) is 0 Å². The topological polar surface area (TPSA) is 61.8 Å². The first-order valence-electron chi connectivity index (χ1n) is 6.09. The van der Waals surface area contributed by atoms with Crippen LogP contribution in [-0.4, -0.2) is 22.6 Å². The van der Waals surface area contributed by atoms with E-state index in [2.05, 4.69) is 15.9 Å². The standard InChI is InChI=1S/C14H11BrF2O5S/c1-20-12-6-9(15)14(7-13(12)21-2)23(18,19)22-8-3-4-10(16)11(17)5-8/h3-7H,1-2H3. The molecule has 0 spiro atoms. The second-order valence-electron chi connectivity index (χ2n) is 4.25. The molecule has 2 rings (SSSR count). The molecule has 124 valence electrons. The number of hydrogen-bond acceptors (Lipinski definition) is 5. The van der Waals surface area contributed by atoms with Gasteiger partial charge >= 0.3 is 10.1 Å². The summed E-state index contributed by atoms with van der Waals surface area (Å²) in [5, 5.41) is 0. The summed E-state index contributed by atoms with van der Waals surface area (Å²) in [4.78, 5) is -0.250. The van der Waals surface area contributed by atoms with Crippen LogP contribution in [0, 0.1) is 11.6 Å². The van der Waals surface area contributed by atoms with Gasteiger partial charge in [0.05, 0.1) is 14.2 Å². The lowest BCUT2D eigenvalue weighted by Crippen LogP contribution is -2.11. The van der Waals surface area contributed by atoms with Gasteiger partial charge in [0.2, 0.25) is 0 Å². The highest BCUT2D eigenvalue weighted by atomic mass is 79.9. The van der Waals surface area contributed by atoms with Crippen LogP contribution in [0.2, 0.25) is 0 Å². The summed E-state index contributed by atoms with van der Waals surface area (Å²) in [6.45, 7) is 0. The van der Waals surface area contributed by atoms with E-state index in [-0.39, 0.29) is 20.9 Å². The minimum atomic E-state index is -4.30. The molecule has 0 amide bonds. The Morgan fingerprint density at radius 1 is 0.957 bits per heavy atom. The number of benzene rings is 2. The number of hydrogen-bond donors (Lipinski definition) is 0. The highest BCUT2D eigenvalue weighted by Crippen LogP contribution is 2.36. The lowest BCUT2D eigenvalue weighted by Gasteiger charge is -2.13. The third-order valence-electron chi connectivity index (χ3n) is 2.80. The van der Waals surface area contributed by atoms with E-state index in [1.165, 1.54) is 26.4 Å². The van der Waals surface area contributed by atoms with Crippen molar-refractivity contribution in [2.75, 3.05) is 14.2 Å². The average Bonchev–Trinajstić information content (AvgIpc) is 2.50. The lowest BCUT2D eigenvalue weighted by atomic mass is 10.3. The SMILES string of the molecule is COc1cc(Br)c(S(=O)(=O)Oc2ccc(F)c(F)c2)cc1OC. The maximum Gasteiger partial charge on any atom is 0.340 e. The zero-order valence-corrected chi connectivity index (χ0v) is 14.4. The highest BCUT2D eigenvalue weighted by Gasteiger charge is 2.24. The Labute approximate surface area is 140 Å². The third kappa shape index (κ3) is 3.73. The molecule has 9 heteroatoms. The quantitative estimate of drug-likeness (QED) is 0.708. The van der Waals surface area contributed by atoms with Crippen molar-refractivity contribution in [2.24, 2.45) is 0 Å². The molecule has 5 nitrogen and oxygen atoms in total. The molecule has 0 radical (unpaired) electrons. The summed E-state index contributed by atoms with van der Waals surface area (Å²) >= 11 is 3.10. The van der Waals surface area contributed by atoms with Gasteiger partial charge in [0.15, 0.2) is 23.1 Å². The van der Waals surface area contributed by atoms with Crippen LogP contribution in [0.1, 0.15) is 0 Å². The van der Waals surface area contributed by atoms with Crippen molar-refractivity contribution in [3.05, 3.63) is 46.4 Å². The minimum absolute atomic E-state index is 0.165. The first kappa shape index (κ1) is 17.5. The summed E-state index contributed by atoms with van der Waals surface area (Å²) in [5.74, 6) is -2.20. The molecular weight excluding hydrogens is 398 g/mol. The zero-order valence-electron chi connectivity index (χ0n) is 12.0. The van der Waals surface area contributed by atoms with Crippen molar-refractivity contribution < 1.29 is 30.9 Å². The maximum atomic E-state index is 13.2. The van der Waals surface area contributed by atoms with E-state index < -0.39 is 21.8 Å². The molecule has 0 aromatic heterocycles. The van der Waals surface area contributed by atoms with E-state index in [0.29, 0.717) is 11.8 Å². The number of halogens is 3. The van der Waals surface area contributed by atoms with E-state index in [9.17, 15) is 17.2 Å². The van der Waals surface area contributed by atoms with Gasteiger partial charge in [-0.3, -0.25) is 0 Å². The predicted octanol–water partition coefficient (Wildman–Crippen LogP) is 3.51. The Balaban J connectivity index is 2.45. The molecule has 0 aliphatic heterocycles. The van der Waals surface area contributed by atoms with Crippen molar-refractivity contribution in [1.82, 2.24) is 0 Å². The van der Waals surface area contributed by atoms with E-state index >= 15 is 0 Å². The molecular formula is C14H11BrF2O5S. The average molecular weight is 409 g/mol. The van der Waals surface area contributed by atoms with Crippen molar-refractivity contribution in [2.45, 2.75) is 4.90 Å². The molecule has 0 atom stereocenters. The van der Waals surface area contributed by atoms with Crippen molar-refractivity contribution >= 4 is 26.0 Å². The molecule has 0 aliphatic rings. The van der Waals surface area contributed by atoms with Crippen LogP contribution in [0.25, 0.3) is 0 Å². The Bertz CT molecular complexity index is 839. The summed E-state index contributed by atoms with van der Waals surface area (Å²) in [5.41, 5.74) is 0. The fourth-order valence-corrected chi connectivity index (χ4v) is 3.64. The van der Waals surface area contributed by atoms with E-state index in [1.807, 2.05) is 0 Å². The number of rotatable bonds is 5. The normalized spacial score (nSPS) is 11.2. The van der Waals surface area contributed by atoms with E-state index in [1.54, 1.807) is 0 Å². The second kappa shape index (κ2) is 6.71. The predicted molar refractivity (Wildman–Crippen MR) is 81.4 cm³/mol. The Morgan fingerprint density at radius 2 is 1.57 bits per heavy atom. The van der Waals surface area contributed by atoms with Crippen LogP contribution >= 0.6 is 15.9 Å². The van der Waals surface area contributed by atoms with Gasteiger partial charge in [-0.05, 0) is 34.1 Å².